The van der Waals surface area contributed by atoms with Crippen LogP contribution < -0.4 is 5.56 Å². The van der Waals surface area contributed by atoms with Gasteiger partial charge < -0.3 is 4.42 Å². The van der Waals surface area contributed by atoms with E-state index >= 15 is 0 Å². The van der Waals surface area contributed by atoms with Crippen LogP contribution in [0.1, 0.15) is 35.7 Å². The molecule has 1 atom stereocenters. The number of nitrogens with zero attached hydrogens (tertiary/aromatic N) is 4. The van der Waals surface area contributed by atoms with Crippen molar-refractivity contribution >= 4 is 11.8 Å². The second-order valence-electron chi connectivity index (χ2n) is 6.56. The van der Waals surface area contributed by atoms with Crippen LogP contribution in [0.15, 0.2) is 21.5 Å². The van der Waals surface area contributed by atoms with Gasteiger partial charge in [-0.3, -0.25) is 9.69 Å². The van der Waals surface area contributed by atoms with Crippen LogP contribution in [0.3, 0.4) is 0 Å². The number of likely N-dealkylation sites (tertiary alicyclic amines) is 1. The van der Waals surface area contributed by atoms with E-state index in [2.05, 4.69) is 15.0 Å². The molecule has 0 radical (unpaired) electrons. The van der Waals surface area contributed by atoms with Gasteiger partial charge in [-0.1, -0.05) is 0 Å². The first-order chi connectivity index (χ1) is 11.7. The van der Waals surface area contributed by atoms with E-state index in [0.717, 1.165) is 60.8 Å². The Kier molecular flexibility index (Phi) is 4.45. The lowest BCUT2D eigenvalue weighted by atomic mass is 10.2. The van der Waals surface area contributed by atoms with Crippen molar-refractivity contribution in [3.05, 3.63) is 45.5 Å². The highest BCUT2D eigenvalue weighted by molar-refractivity contribution is 7.98. The zero-order chi connectivity index (χ0) is 16.5. The lowest BCUT2D eigenvalue weighted by Gasteiger charge is -2.24. The van der Waals surface area contributed by atoms with Gasteiger partial charge in [0.25, 0.3) is 5.56 Å². The summed E-state index contributed by atoms with van der Waals surface area (Å²) in [7, 11) is 0. The Hall–Kier alpha value is -1.60. The molecule has 0 aliphatic carbocycles. The van der Waals surface area contributed by atoms with Crippen molar-refractivity contribution in [3.63, 3.8) is 0 Å². The van der Waals surface area contributed by atoms with Gasteiger partial charge in [-0.2, -0.15) is 16.9 Å². The molecule has 0 amide bonds. The van der Waals surface area contributed by atoms with E-state index in [-0.39, 0.29) is 5.56 Å². The van der Waals surface area contributed by atoms with E-state index in [0.29, 0.717) is 18.5 Å². The number of hydrogen-bond donors (Lipinski definition) is 0. The lowest BCUT2D eigenvalue weighted by Crippen LogP contribution is -2.37. The number of thioether (sulfide) groups is 1. The molecule has 1 saturated heterocycles. The molecule has 0 saturated carbocycles. The molecule has 2 aliphatic heterocycles. The molecule has 0 aromatic carbocycles. The molecule has 1 unspecified atom stereocenters. The minimum Gasteiger partial charge on any atom is -0.449 e. The predicted octanol–water partition coefficient (Wildman–Crippen LogP) is 1.99. The molecule has 4 heterocycles. The number of rotatable bonds is 4. The van der Waals surface area contributed by atoms with Gasteiger partial charge in [0.1, 0.15) is 6.26 Å². The summed E-state index contributed by atoms with van der Waals surface area (Å²) in [5, 5.41) is 4.65. The fourth-order valence-electron chi connectivity index (χ4n) is 3.58. The van der Waals surface area contributed by atoms with E-state index in [1.54, 1.807) is 17.0 Å². The molecule has 2 aliphatic rings. The maximum absolute atomic E-state index is 12.4. The Bertz CT molecular complexity index is 785. The zero-order valence-electron chi connectivity index (χ0n) is 13.9. The second kappa shape index (κ2) is 6.72. The van der Waals surface area contributed by atoms with E-state index < -0.39 is 0 Å². The first-order valence-corrected chi connectivity index (χ1v) is 9.67. The van der Waals surface area contributed by atoms with Gasteiger partial charge in [0.05, 0.1) is 17.9 Å². The van der Waals surface area contributed by atoms with E-state index in [1.807, 2.05) is 18.7 Å². The normalized spacial score (nSPS) is 21.1. The molecule has 6 nitrogen and oxygen atoms in total. The highest BCUT2D eigenvalue weighted by atomic mass is 32.2. The standard InChI is InChI=1S/C17H22N4O2S/c1-12-18-14(10-23-12)8-20-5-2-3-15(20)9-21-17(22)7-13-11-24-6-4-16(13)19-21/h7,10,15H,2-6,8-9,11H2,1H3. The molecule has 128 valence electrons. The molecule has 0 bridgehead atoms. The first-order valence-electron chi connectivity index (χ1n) is 8.52. The molecule has 1 fully saturated rings. The molecule has 2 aromatic rings. The summed E-state index contributed by atoms with van der Waals surface area (Å²) in [4.78, 5) is 19.2. The number of oxazole rings is 1. The van der Waals surface area contributed by atoms with Crippen LogP contribution in [0.5, 0.6) is 0 Å². The van der Waals surface area contributed by atoms with Crippen molar-refractivity contribution in [3.8, 4) is 0 Å². The Labute approximate surface area is 145 Å². The van der Waals surface area contributed by atoms with Crippen molar-refractivity contribution in [2.24, 2.45) is 0 Å². The van der Waals surface area contributed by atoms with E-state index in [1.165, 1.54) is 0 Å². The maximum Gasteiger partial charge on any atom is 0.267 e. The Balaban J connectivity index is 1.50. The smallest absolute Gasteiger partial charge is 0.267 e. The predicted molar refractivity (Wildman–Crippen MR) is 93.0 cm³/mol. The van der Waals surface area contributed by atoms with Gasteiger partial charge in [0, 0.05) is 37.8 Å². The average Bonchev–Trinajstić information content (AvgIpc) is 3.18. The van der Waals surface area contributed by atoms with Gasteiger partial charge in [-0.25, -0.2) is 9.67 Å². The fourth-order valence-corrected chi connectivity index (χ4v) is 4.53. The summed E-state index contributed by atoms with van der Waals surface area (Å²) < 4.78 is 6.97. The van der Waals surface area contributed by atoms with Gasteiger partial charge in [-0.15, -0.1) is 0 Å². The quantitative estimate of drug-likeness (QED) is 0.844. The molecule has 0 spiro atoms. The lowest BCUT2D eigenvalue weighted by molar-refractivity contribution is 0.214. The molecule has 24 heavy (non-hydrogen) atoms. The van der Waals surface area contributed by atoms with Crippen LogP contribution in [0.4, 0.5) is 0 Å². The SMILES string of the molecule is Cc1nc(CN2CCCC2Cn2nc3c(cc2=O)CSCC3)co1. The van der Waals surface area contributed by atoms with Gasteiger partial charge in [0.15, 0.2) is 5.89 Å². The van der Waals surface area contributed by atoms with Gasteiger partial charge in [-0.05, 0) is 30.7 Å². The Morgan fingerprint density at radius 2 is 2.38 bits per heavy atom. The third kappa shape index (κ3) is 3.28. The van der Waals surface area contributed by atoms with Crippen molar-refractivity contribution in [1.29, 1.82) is 0 Å². The highest BCUT2D eigenvalue weighted by Gasteiger charge is 2.26. The van der Waals surface area contributed by atoms with Gasteiger partial charge >= 0.3 is 0 Å². The summed E-state index contributed by atoms with van der Waals surface area (Å²) >= 11 is 1.88. The summed E-state index contributed by atoms with van der Waals surface area (Å²) in [5.74, 6) is 2.71. The second-order valence-corrected chi connectivity index (χ2v) is 7.67. The summed E-state index contributed by atoms with van der Waals surface area (Å²) in [6, 6.07) is 2.12. The van der Waals surface area contributed by atoms with Crippen LogP contribution in [0.25, 0.3) is 0 Å². The summed E-state index contributed by atoms with van der Waals surface area (Å²) in [6.45, 7) is 4.33. The van der Waals surface area contributed by atoms with Crippen molar-refractivity contribution < 1.29 is 4.42 Å². The zero-order valence-corrected chi connectivity index (χ0v) is 14.7. The third-order valence-corrected chi connectivity index (χ3v) is 5.83. The molecule has 2 aromatic heterocycles. The molecule has 0 N–H and O–H groups in total. The minimum absolute atomic E-state index is 0.0281. The summed E-state index contributed by atoms with van der Waals surface area (Å²) in [5.41, 5.74) is 3.21. The fraction of sp³-hybridized carbons (Fsp3) is 0.588. The van der Waals surface area contributed by atoms with Crippen LogP contribution >= 0.6 is 11.8 Å². The number of fused-ring (bicyclic) bond motifs is 1. The van der Waals surface area contributed by atoms with Gasteiger partial charge in [0.2, 0.25) is 0 Å². The number of hydrogen-bond acceptors (Lipinski definition) is 6. The highest BCUT2D eigenvalue weighted by Crippen LogP contribution is 2.23. The Morgan fingerprint density at radius 1 is 1.46 bits per heavy atom. The maximum atomic E-state index is 12.4. The van der Waals surface area contributed by atoms with E-state index in [9.17, 15) is 4.79 Å². The molecule has 4 rings (SSSR count). The average molecular weight is 346 g/mol. The van der Waals surface area contributed by atoms with Crippen LogP contribution in [0, 0.1) is 6.92 Å². The molecular formula is C17H22N4O2S. The van der Waals surface area contributed by atoms with Crippen molar-refractivity contribution in [2.75, 3.05) is 12.3 Å². The van der Waals surface area contributed by atoms with Crippen LogP contribution in [-0.4, -0.2) is 38.0 Å². The van der Waals surface area contributed by atoms with Crippen LogP contribution in [-0.2, 0) is 25.3 Å². The molecule has 7 heteroatoms. The van der Waals surface area contributed by atoms with Crippen molar-refractivity contribution in [2.45, 2.75) is 51.1 Å². The number of aromatic nitrogens is 3. The Morgan fingerprint density at radius 3 is 3.21 bits per heavy atom. The largest absolute Gasteiger partial charge is 0.449 e. The summed E-state index contributed by atoms with van der Waals surface area (Å²) in [6.07, 6.45) is 4.94. The van der Waals surface area contributed by atoms with Crippen LogP contribution in [0.2, 0.25) is 0 Å². The molecular weight excluding hydrogens is 324 g/mol. The topological polar surface area (TPSA) is 64.2 Å². The first kappa shape index (κ1) is 15.9. The van der Waals surface area contributed by atoms with Crippen molar-refractivity contribution in [1.82, 2.24) is 19.7 Å². The minimum atomic E-state index is 0.0281. The monoisotopic (exact) mass is 346 g/mol. The third-order valence-electron chi connectivity index (χ3n) is 4.82. The number of aryl methyl sites for hydroxylation is 2. The van der Waals surface area contributed by atoms with E-state index in [4.69, 9.17) is 4.42 Å².